The highest BCUT2D eigenvalue weighted by atomic mass is 35.5. The van der Waals surface area contributed by atoms with Gasteiger partial charge in [-0.1, -0.05) is 29.3 Å². The number of rotatable bonds is 9. The molecular formula is C27H33ClO7. The van der Waals surface area contributed by atoms with Crippen LogP contribution in [0.3, 0.4) is 0 Å². The number of benzene rings is 1. The minimum absolute atomic E-state index is 0.0381. The Morgan fingerprint density at radius 1 is 1.09 bits per heavy atom. The lowest BCUT2D eigenvalue weighted by molar-refractivity contribution is -0.132. The number of ketones is 1. The van der Waals surface area contributed by atoms with Crippen LogP contribution in [0.25, 0.3) is 0 Å². The molecule has 0 bridgehead atoms. The summed E-state index contributed by atoms with van der Waals surface area (Å²) in [4.78, 5) is 47.3. The van der Waals surface area contributed by atoms with Gasteiger partial charge in [-0.15, -0.1) is 0 Å². The molecule has 1 aliphatic heterocycles. The lowest BCUT2D eigenvalue weighted by Gasteiger charge is -2.19. The van der Waals surface area contributed by atoms with Crippen LogP contribution in [-0.4, -0.2) is 35.7 Å². The second kappa shape index (κ2) is 11.8. The number of hydrogen-bond donors (Lipinski definition) is 0. The lowest BCUT2D eigenvalue weighted by Crippen LogP contribution is -2.27. The normalized spacial score (nSPS) is 17.9. The highest BCUT2D eigenvalue weighted by Crippen LogP contribution is 2.42. The summed E-state index contributed by atoms with van der Waals surface area (Å²) in [6.07, 6.45) is 6.44. The molecular weight excluding hydrogens is 472 g/mol. The fourth-order valence-corrected chi connectivity index (χ4v) is 4.12. The van der Waals surface area contributed by atoms with E-state index in [1.165, 1.54) is 13.8 Å². The van der Waals surface area contributed by atoms with Crippen molar-refractivity contribution in [3.05, 3.63) is 45.0 Å². The van der Waals surface area contributed by atoms with Crippen molar-refractivity contribution >= 4 is 35.6 Å². The van der Waals surface area contributed by atoms with Gasteiger partial charge in [0.25, 0.3) is 0 Å². The van der Waals surface area contributed by atoms with Gasteiger partial charge in [-0.25, -0.2) is 0 Å². The van der Waals surface area contributed by atoms with Crippen LogP contribution in [0.5, 0.6) is 11.5 Å². The largest absolute Gasteiger partial charge is 0.425 e. The molecule has 35 heavy (non-hydrogen) atoms. The SMILES string of the molecule is CC(=O)Oc1c(Cl)c(C)c(C=O)c(OC(C)=O)c1C/C=C(\C)CC/C=C(\C)[C@@H]1CC(=O)C(C)(C)O1. The van der Waals surface area contributed by atoms with Crippen LogP contribution >= 0.6 is 11.6 Å². The van der Waals surface area contributed by atoms with E-state index in [1.807, 2.05) is 19.9 Å². The number of allylic oxidation sites excluding steroid dienone is 3. The summed E-state index contributed by atoms with van der Waals surface area (Å²) in [5, 5.41) is 0.117. The summed E-state index contributed by atoms with van der Waals surface area (Å²) in [5.74, 6) is -0.982. The van der Waals surface area contributed by atoms with E-state index in [1.54, 1.807) is 20.8 Å². The van der Waals surface area contributed by atoms with Gasteiger partial charge in [-0.3, -0.25) is 19.2 Å². The number of aldehydes is 1. The van der Waals surface area contributed by atoms with Crippen molar-refractivity contribution in [2.75, 3.05) is 0 Å². The maximum atomic E-state index is 12.0. The fourth-order valence-electron chi connectivity index (χ4n) is 3.86. The second-order valence-corrected chi connectivity index (χ2v) is 9.66. The Labute approximate surface area is 211 Å². The highest BCUT2D eigenvalue weighted by Gasteiger charge is 2.40. The van der Waals surface area contributed by atoms with E-state index in [0.717, 1.165) is 24.0 Å². The minimum atomic E-state index is -0.745. The molecule has 0 spiro atoms. The molecule has 1 saturated heterocycles. The van der Waals surface area contributed by atoms with Crippen molar-refractivity contribution in [3.8, 4) is 11.5 Å². The van der Waals surface area contributed by atoms with Gasteiger partial charge in [0, 0.05) is 25.8 Å². The predicted molar refractivity (Wildman–Crippen MR) is 133 cm³/mol. The Bertz CT molecular complexity index is 1100. The van der Waals surface area contributed by atoms with Gasteiger partial charge in [0.05, 0.1) is 16.7 Å². The molecule has 1 aromatic carbocycles. The molecule has 1 aliphatic rings. The van der Waals surface area contributed by atoms with E-state index in [4.69, 9.17) is 25.8 Å². The summed E-state index contributed by atoms with van der Waals surface area (Å²) < 4.78 is 16.6. The highest BCUT2D eigenvalue weighted by molar-refractivity contribution is 6.33. The summed E-state index contributed by atoms with van der Waals surface area (Å²) in [5.41, 5.74) is 2.14. The average molecular weight is 505 g/mol. The quantitative estimate of drug-likeness (QED) is 0.185. The molecule has 0 radical (unpaired) electrons. The zero-order chi connectivity index (χ0) is 26.5. The van der Waals surface area contributed by atoms with Crippen LogP contribution in [0.2, 0.25) is 5.02 Å². The van der Waals surface area contributed by atoms with Gasteiger partial charge in [0.2, 0.25) is 0 Å². The third kappa shape index (κ3) is 7.12. The van der Waals surface area contributed by atoms with Crippen molar-refractivity contribution in [1.29, 1.82) is 0 Å². The molecule has 0 aromatic heterocycles. The third-order valence-electron chi connectivity index (χ3n) is 5.98. The molecule has 1 heterocycles. The smallest absolute Gasteiger partial charge is 0.308 e. The van der Waals surface area contributed by atoms with Gasteiger partial charge in [-0.05, 0) is 65.0 Å². The standard InChI is InChI=1S/C27H33ClO7/c1-15(9-8-10-16(2)22-13-23(32)27(6,7)35-22)11-12-20-25(33-18(4)30)21(14-29)17(3)24(28)26(20)34-19(5)31/h10-11,14,22H,8-9,12-13H2,1-7H3/b15-11+,16-10+/t22-/m0/s1. The van der Waals surface area contributed by atoms with E-state index >= 15 is 0 Å². The van der Waals surface area contributed by atoms with E-state index < -0.39 is 17.5 Å². The van der Waals surface area contributed by atoms with Crippen LogP contribution in [0.15, 0.2) is 23.3 Å². The molecule has 8 heteroatoms. The zero-order valence-corrected chi connectivity index (χ0v) is 22.1. The molecule has 7 nitrogen and oxygen atoms in total. The van der Waals surface area contributed by atoms with Gasteiger partial charge in [0.15, 0.2) is 17.8 Å². The first-order valence-corrected chi connectivity index (χ1v) is 11.9. The van der Waals surface area contributed by atoms with Crippen LogP contribution in [0.1, 0.15) is 82.3 Å². The summed E-state index contributed by atoms with van der Waals surface area (Å²) in [7, 11) is 0. The maximum Gasteiger partial charge on any atom is 0.308 e. The molecule has 2 rings (SSSR count). The molecule has 0 amide bonds. The first-order valence-electron chi connectivity index (χ1n) is 11.5. The van der Waals surface area contributed by atoms with E-state index in [-0.39, 0.29) is 40.4 Å². The molecule has 1 fully saturated rings. The predicted octanol–water partition coefficient (Wildman–Crippen LogP) is 5.66. The van der Waals surface area contributed by atoms with Crippen molar-refractivity contribution in [3.63, 3.8) is 0 Å². The molecule has 0 unspecified atom stereocenters. The molecule has 0 aliphatic carbocycles. The Morgan fingerprint density at radius 2 is 1.69 bits per heavy atom. The van der Waals surface area contributed by atoms with Crippen molar-refractivity contribution in [1.82, 2.24) is 0 Å². The average Bonchev–Trinajstić information content (AvgIpc) is 3.03. The lowest BCUT2D eigenvalue weighted by atomic mass is 9.98. The van der Waals surface area contributed by atoms with Crippen LogP contribution < -0.4 is 9.47 Å². The van der Waals surface area contributed by atoms with E-state index in [2.05, 4.69) is 6.08 Å². The van der Waals surface area contributed by atoms with Gasteiger partial charge >= 0.3 is 11.9 Å². The Morgan fingerprint density at radius 3 is 2.20 bits per heavy atom. The van der Waals surface area contributed by atoms with Gasteiger partial charge in [0.1, 0.15) is 11.4 Å². The number of hydrogen-bond acceptors (Lipinski definition) is 7. The minimum Gasteiger partial charge on any atom is -0.425 e. The molecule has 1 aromatic rings. The van der Waals surface area contributed by atoms with E-state index in [9.17, 15) is 19.2 Å². The number of carbonyl (C=O) groups is 4. The number of Topliss-reactive ketones (excluding diaryl/α,β-unsaturated/α-hetero) is 1. The van der Waals surface area contributed by atoms with Gasteiger partial charge in [-0.2, -0.15) is 0 Å². The Hall–Kier alpha value is -2.77. The summed E-state index contributed by atoms with van der Waals surface area (Å²) in [6.45, 7) is 11.6. The van der Waals surface area contributed by atoms with E-state index in [0.29, 0.717) is 23.8 Å². The number of esters is 2. The van der Waals surface area contributed by atoms with Gasteiger partial charge < -0.3 is 14.2 Å². The summed E-state index contributed by atoms with van der Waals surface area (Å²) in [6, 6.07) is 0. The summed E-state index contributed by atoms with van der Waals surface area (Å²) >= 11 is 6.42. The first kappa shape index (κ1) is 28.5. The maximum absolute atomic E-state index is 12.0. The molecule has 0 saturated carbocycles. The van der Waals surface area contributed by atoms with Crippen LogP contribution in [0.4, 0.5) is 0 Å². The van der Waals surface area contributed by atoms with Crippen molar-refractivity contribution in [2.24, 2.45) is 0 Å². The third-order valence-corrected chi connectivity index (χ3v) is 6.44. The molecule has 0 N–H and O–H groups in total. The van der Waals surface area contributed by atoms with Crippen LogP contribution in [0, 0.1) is 6.92 Å². The van der Waals surface area contributed by atoms with Crippen molar-refractivity contribution in [2.45, 2.75) is 85.9 Å². The first-order chi connectivity index (χ1) is 16.3. The number of halogens is 1. The Balaban J connectivity index is 2.27. The van der Waals surface area contributed by atoms with Crippen molar-refractivity contribution < 1.29 is 33.4 Å². The zero-order valence-electron chi connectivity index (χ0n) is 21.4. The fraction of sp³-hybridized carbons (Fsp3) is 0.481. The molecule has 190 valence electrons. The topological polar surface area (TPSA) is 96.0 Å². The second-order valence-electron chi connectivity index (χ2n) is 9.28. The molecule has 1 atom stereocenters. The number of ether oxygens (including phenoxy) is 3. The Kier molecular flexibility index (Phi) is 9.58. The monoisotopic (exact) mass is 504 g/mol. The van der Waals surface area contributed by atoms with Crippen LogP contribution in [-0.2, 0) is 25.5 Å². The number of carbonyl (C=O) groups excluding carboxylic acids is 4.